The fraction of sp³-hybridized carbons (Fsp3) is 0.706. The monoisotopic (exact) mass is 381 g/mol. The number of amides is 1. The van der Waals surface area contributed by atoms with Crippen LogP contribution in [-0.4, -0.2) is 81.0 Å². The van der Waals surface area contributed by atoms with Gasteiger partial charge in [-0.05, 0) is 18.8 Å². The van der Waals surface area contributed by atoms with E-state index in [1.807, 2.05) is 30.0 Å². The Labute approximate surface area is 155 Å². The second-order valence-electron chi connectivity index (χ2n) is 7.56. The molecule has 26 heavy (non-hydrogen) atoms. The van der Waals surface area contributed by atoms with Crippen molar-refractivity contribution >= 4 is 27.4 Å². The van der Waals surface area contributed by atoms with Crippen molar-refractivity contribution in [3.8, 4) is 0 Å². The normalized spacial score (nSPS) is 22.1. The van der Waals surface area contributed by atoms with Crippen LogP contribution in [0.3, 0.4) is 0 Å². The number of carbonyl (C=O) groups is 1. The van der Waals surface area contributed by atoms with Gasteiger partial charge in [-0.25, -0.2) is 18.4 Å². The summed E-state index contributed by atoms with van der Waals surface area (Å²) in [7, 11) is 0.851. The zero-order chi connectivity index (χ0) is 18.9. The molecular weight excluding hydrogens is 354 g/mol. The lowest BCUT2D eigenvalue weighted by Crippen LogP contribution is -2.46. The van der Waals surface area contributed by atoms with E-state index in [9.17, 15) is 13.2 Å². The summed E-state index contributed by atoms with van der Waals surface area (Å²) >= 11 is 0. The summed E-state index contributed by atoms with van der Waals surface area (Å²) in [5, 5.41) is 0. The van der Waals surface area contributed by atoms with Crippen molar-refractivity contribution in [2.24, 2.45) is 5.92 Å². The molecule has 1 atom stereocenters. The van der Waals surface area contributed by atoms with Crippen LogP contribution in [0.2, 0.25) is 0 Å². The topological polar surface area (TPSA) is 86.7 Å². The Morgan fingerprint density at radius 3 is 2.54 bits per heavy atom. The van der Waals surface area contributed by atoms with E-state index < -0.39 is 9.84 Å². The molecule has 2 fully saturated rings. The van der Waals surface area contributed by atoms with Crippen LogP contribution in [0.15, 0.2) is 12.4 Å². The molecule has 9 heteroatoms. The van der Waals surface area contributed by atoms with Crippen molar-refractivity contribution in [3.05, 3.63) is 12.4 Å². The molecule has 2 saturated heterocycles. The van der Waals surface area contributed by atoms with Gasteiger partial charge >= 0.3 is 0 Å². The molecule has 0 saturated carbocycles. The Balaban J connectivity index is 1.59. The average molecular weight is 382 g/mol. The third-order valence-corrected chi connectivity index (χ3v) is 6.18. The number of piperidine rings is 1. The Kier molecular flexibility index (Phi) is 5.36. The molecule has 1 aromatic rings. The Morgan fingerprint density at radius 2 is 1.92 bits per heavy atom. The van der Waals surface area contributed by atoms with Gasteiger partial charge in [0.25, 0.3) is 0 Å². The molecule has 144 valence electrons. The minimum Gasteiger partial charge on any atom is -0.363 e. The molecule has 1 unspecified atom stereocenters. The standard InChI is InChI=1S/C17H27N5O3S/c1-20(2)15-9-16(19-12-18-15)21-6-4-14(5-7-21)22-10-13(8-17(22)23)11-26(3,24)25/h9,12-14H,4-8,10-11H2,1-3H3. The van der Waals surface area contributed by atoms with Crippen LogP contribution in [0.5, 0.6) is 0 Å². The molecule has 2 aliphatic rings. The molecule has 3 heterocycles. The first-order valence-electron chi connectivity index (χ1n) is 8.94. The summed E-state index contributed by atoms with van der Waals surface area (Å²) in [6.07, 6.45) is 4.92. The SMILES string of the molecule is CN(C)c1cc(N2CCC(N3CC(CS(C)(=O)=O)CC3=O)CC2)ncn1. The number of hydrogen-bond donors (Lipinski definition) is 0. The fourth-order valence-electron chi connectivity index (χ4n) is 3.86. The van der Waals surface area contributed by atoms with Crippen molar-refractivity contribution in [2.45, 2.75) is 25.3 Å². The van der Waals surface area contributed by atoms with Crippen LogP contribution >= 0.6 is 0 Å². The Hall–Kier alpha value is -1.90. The molecule has 0 radical (unpaired) electrons. The maximum atomic E-state index is 12.3. The molecular formula is C17H27N5O3S. The first-order chi connectivity index (χ1) is 12.2. The number of anilines is 2. The van der Waals surface area contributed by atoms with Crippen LogP contribution in [0.25, 0.3) is 0 Å². The van der Waals surface area contributed by atoms with Gasteiger partial charge in [0.05, 0.1) is 5.75 Å². The number of sulfone groups is 1. The van der Waals surface area contributed by atoms with Gasteiger partial charge in [-0.1, -0.05) is 0 Å². The van der Waals surface area contributed by atoms with Crippen molar-refractivity contribution in [1.82, 2.24) is 14.9 Å². The number of aromatic nitrogens is 2. The lowest BCUT2D eigenvalue weighted by molar-refractivity contribution is -0.130. The first kappa shape index (κ1) is 18.9. The molecule has 1 aromatic heterocycles. The van der Waals surface area contributed by atoms with E-state index in [2.05, 4.69) is 14.9 Å². The summed E-state index contributed by atoms with van der Waals surface area (Å²) in [5.41, 5.74) is 0. The summed E-state index contributed by atoms with van der Waals surface area (Å²) in [6, 6.07) is 2.17. The molecule has 2 aliphatic heterocycles. The zero-order valence-corrected chi connectivity index (χ0v) is 16.4. The van der Waals surface area contributed by atoms with Gasteiger partial charge in [0.2, 0.25) is 5.91 Å². The third kappa shape index (κ3) is 4.44. The lowest BCUT2D eigenvalue weighted by atomic mass is 10.0. The first-order valence-corrected chi connectivity index (χ1v) is 11.0. The molecule has 0 N–H and O–H groups in total. The quantitative estimate of drug-likeness (QED) is 0.730. The Bertz CT molecular complexity index is 759. The van der Waals surface area contributed by atoms with Crippen LogP contribution in [-0.2, 0) is 14.6 Å². The van der Waals surface area contributed by atoms with E-state index in [1.54, 1.807) is 6.33 Å². The molecule has 1 amide bonds. The second-order valence-corrected chi connectivity index (χ2v) is 9.74. The van der Waals surface area contributed by atoms with E-state index in [4.69, 9.17) is 0 Å². The minimum atomic E-state index is -3.05. The lowest BCUT2D eigenvalue weighted by Gasteiger charge is -2.37. The van der Waals surface area contributed by atoms with E-state index in [0.29, 0.717) is 13.0 Å². The smallest absolute Gasteiger partial charge is 0.223 e. The van der Waals surface area contributed by atoms with Crippen LogP contribution < -0.4 is 9.80 Å². The third-order valence-electron chi connectivity index (χ3n) is 5.10. The number of hydrogen-bond acceptors (Lipinski definition) is 7. The average Bonchev–Trinajstić information content (AvgIpc) is 2.93. The van der Waals surface area contributed by atoms with E-state index in [0.717, 1.165) is 37.6 Å². The van der Waals surface area contributed by atoms with Crippen molar-refractivity contribution < 1.29 is 13.2 Å². The van der Waals surface area contributed by atoms with Crippen LogP contribution in [0, 0.1) is 5.92 Å². The van der Waals surface area contributed by atoms with Crippen molar-refractivity contribution in [2.75, 3.05) is 55.5 Å². The summed E-state index contributed by atoms with van der Waals surface area (Å²) in [4.78, 5) is 27.0. The highest BCUT2D eigenvalue weighted by atomic mass is 32.2. The maximum Gasteiger partial charge on any atom is 0.223 e. The molecule has 0 aliphatic carbocycles. The number of nitrogens with zero attached hydrogens (tertiary/aromatic N) is 5. The van der Waals surface area contributed by atoms with Gasteiger partial charge in [-0.2, -0.15) is 0 Å². The molecule has 0 bridgehead atoms. The summed E-state index contributed by atoms with van der Waals surface area (Å²) in [6.45, 7) is 2.22. The van der Waals surface area contributed by atoms with Crippen LogP contribution in [0.1, 0.15) is 19.3 Å². The predicted molar refractivity (Wildman–Crippen MR) is 101 cm³/mol. The van der Waals surface area contributed by atoms with Crippen molar-refractivity contribution in [1.29, 1.82) is 0 Å². The highest BCUT2D eigenvalue weighted by Crippen LogP contribution is 2.28. The summed E-state index contributed by atoms with van der Waals surface area (Å²) in [5.74, 6) is 1.90. The van der Waals surface area contributed by atoms with Crippen molar-refractivity contribution in [3.63, 3.8) is 0 Å². The Morgan fingerprint density at radius 1 is 1.23 bits per heavy atom. The number of carbonyl (C=O) groups excluding carboxylic acids is 1. The predicted octanol–water partition coefficient (Wildman–Crippen LogP) is 0.405. The number of likely N-dealkylation sites (tertiary alicyclic amines) is 1. The number of rotatable bonds is 5. The fourth-order valence-corrected chi connectivity index (χ4v) is 4.94. The second kappa shape index (κ2) is 7.38. The van der Waals surface area contributed by atoms with E-state index in [-0.39, 0.29) is 23.6 Å². The highest BCUT2D eigenvalue weighted by Gasteiger charge is 2.37. The molecule has 0 spiro atoms. The van der Waals surface area contributed by atoms with Gasteiger partial charge in [-0.15, -0.1) is 0 Å². The van der Waals surface area contributed by atoms with Crippen LogP contribution in [0.4, 0.5) is 11.6 Å². The van der Waals surface area contributed by atoms with E-state index in [1.165, 1.54) is 6.26 Å². The van der Waals surface area contributed by atoms with Gasteiger partial charge in [-0.3, -0.25) is 4.79 Å². The molecule has 8 nitrogen and oxygen atoms in total. The van der Waals surface area contributed by atoms with Gasteiger partial charge in [0.1, 0.15) is 27.8 Å². The largest absolute Gasteiger partial charge is 0.363 e. The molecule has 3 rings (SSSR count). The van der Waals surface area contributed by atoms with Gasteiger partial charge in [0, 0.05) is 58.5 Å². The van der Waals surface area contributed by atoms with Gasteiger partial charge < -0.3 is 14.7 Å². The zero-order valence-electron chi connectivity index (χ0n) is 15.6. The highest BCUT2D eigenvalue weighted by molar-refractivity contribution is 7.90. The summed E-state index contributed by atoms with van der Waals surface area (Å²) < 4.78 is 23.0. The van der Waals surface area contributed by atoms with E-state index >= 15 is 0 Å². The van der Waals surface area contributed by atoms with Gasteiger partial charge in [0.15, 0.2) is 0 Å². The maximum absolute atomic E-state index is 12.3. The minimum absolute atomic E-state index is 0.0694. The molecule has 0 aromatic carbocycles.